The van der Waals surface area contributed by atoms with Gasteiger partial charge in [-0.25, -0.2) is 9.99 Å². The van der Waals surface area contributed by atoms with Gasteiger partial charge in [-0.1, -0.05) is 19.1 Å². The minimum atomic E-state index is -3.01. The van der Waals surface area contributed by atoms with E-state index in [-0.39, 0.29) is 47.9 Å². The van der Waals surface area contributed by atoms with Gasteiger partial charge in [0.25, 0.3) is 5.91 Å². The summed E-state index contributed by atoms with van der Waals surface area (Å²) in [5, 5.41) is 8.71. The lowest BCUT2D eigenvalue weighted by atomic mass is 9.89. The molecule has 192 valence electrons. The quantitative estimate of drug-likeness (QED) is 0.455. The fourth-order valence-corrected chi connectivity index (χ4v) is 3.94. The van der Waals surface area contributed by atoms with Crippen LogP contribution >= 0.6 is 0 Å². The SMILES string of the molecule is CCC1CC(=O)N(Cc2ccc(NC(=O)c3cnccn3)cc2)N=C1c1ccc(OC)c(OC(F)F)c1. The molecule has 1 unspecified atom stereocenters. The number of carbonyl (C=O) groups excluding carboxylic acids is 2. The van der Waals surface area contributed by atoms with Crippen molar-refractivity contribution in [3.05, 3.63) is 77.9 Å². The second kappa shape index (κ2) is 11.5. The Morgan fingerprint density at radius 1 is 1.16 bits per heavy atom. The number of carbonyl (C=O) groups is 2. The second-order valence-electron chi connectivity index (χ2n) is 8.23. The Kier molecular flexibility index (Phi) is 8.02. The fraction of sp³-hybridized carbons (Fsp3) is 0.269. The van der Waals surface area contributed by atoms with Crippen molar-refractivity contribution in [1.29, 1.82) is 0 Å². The number of rotatable bonds is 9. The van der Waals surface area contributed by atoms with Crippen LogP contribution in [-0.2, 0) is 11.3 Å². The summed E-state index contributed by atoms with van der Waals surface area (Å²) in [5.41, 5.74) is 2.72. The topological polar surface area (TPSA) is 106 Å². The molecule has 2 heterocycles. The van der Waals surface area contributed by atoms with Gasteiger partial charge in [-0.2, -0.15) is 13.9 Å². The van der Waals surface area contributed by atoms with Gasteiger partial charge in [0, 0.05) is 36.0 Å². The second-order valence-corrected chi connectivity index (χ2v) is 8.23. The Balaban J connectivity index is 1.53. The number of amides is 2. The molecule has 0 fully saturated rings. The van der Waals surface area contributed by atoms with Crippen LogP contribution in [0.5, 0.6) is 11.5 Å². The fourth-order valence-electron chi connectivity index (χ4n) is 3.94. The van der Waals surface area contributed by atoms with E-state index >= 15 is 0 Å². The number of methoxy groups -OCH3 is 1. The summed E-state index contributed by atoms with van der Waals surface area (Å²) in [6.45, 7) is -0.865. The highest BCUT2D eigenvalue weighted by molar-refractivity contribution is 6.06. The van der Waals surface area contributed by atoms with E-state index in [4.69, 9.17) is 4.74 Å². The van der Waals surface area contributed by atoms with E-state index in [2.05, 4.69) is 25.1 Å². The van der Waals surface area contributed by atoms with Crippen molar-refractivity contribution in [1.82, 2.24) is 15.0 Å². The molecule has 0 saturated heterocycles. The molecule has 1 aliphatic rings. The molecular weight excluding hydrogens is 484 g/mol. The van der Waals surface area contributed by atoms with Gasteiger partial charge in [0.05, 0.1) is 25.6 Å². The lowest BCUT2D eigenvalue weighted by Crippen LogP contribution is -2.36. The third-order valence-corrected chi connectivity index (χ3v) is 5.83. The Morgan fingerprint density at radius 2 is 1.95 bits per heavy atom. The first-order chi connectivity index (χ1) is 17.9. The van der Waals surface area contributed by atoms with Gasteiger partial charge < -0.3 is 14.8 Å². The number of aromatic nitrogens is 2. The number of halogens is 2. The molecule has 37 heavy (non-hydrogen) atoms. The summed E-state index contributed by atoms with van der Waals surface area (Å²) in [6.07, 6.45) is 5.17. The van der Waals surface area contributed by atoms with E-state index in [0.717, 1.165) is 5.56 Å². The molecule has 0 radical (unpaired) electrons. The standard InChI is InChI=1S/C26H25F2N5O4/c1-3-17-13-23(34)33(32-24(17)18-6-9-21(36-2)22(12-18)37-26(27)28)15-16-4-7-19(8-5-16)31-25(35)20-14-29-10-11-30-20/h4-12,14,17,26H,3,13,15H2,1-2H3,(H,31,35). The number of anilines is 1. The third-order valence-electron chi connectivity index (χ3n) is 5.83. The summed E-state index contributed by atoms with van der Waals surface area (Å²) < 4.78 is 35.5. The maximum atomic E-state index is 12.9. The molecule has 9 nitrogen and oxygen atoms in total. The monoisotopic (exact) mass is 509 g/mol. The van der Waals surface area contributed by atoms with Gasteiger partial charge in [-0.05, 0) is 42.3 Å². The zero-order chi connectivity index (χ0) is 26.4. The van der Waals surface area contributed by atoms with E-state index in [1.807, 2.05) is 6.92 Å². The van der Waals surface area contributed by atoms with Crippen LogP contribution in [-0.4, -0.2) is 46.2 Å². The predicted octanol–water partition coefficient (Wildman–Crippen LogP) is 4.50. The molecule has 0 spiro atoms. The van der Waals surface area contributed by atoms with Crippen LogP contribution in [0, 0.1) is 5.92 Å². The molecule has 2 aromatic carbocycles. The number of ether oxygens (including phenoxy) is 2. The summed E-state index contributed by atoms with van der Waals surface area (Å²) >= 11 is 0. The summed E-state index contributed by atoms with van der Waals surface area (Å²) in [5.74, 6) is -0.631. The Bertz CT molecular complexity index is 1290. The van der Waals surface area contributed by atoms with E-state index in [1.165, 1.54) is 42.8 Å². The molecule has 0 saturated carbocycles. The highest BCUT2D eigenvalue weighted by Gasteiger charge is 2.30. The van der Waals surface area contributed by atoms with Crippen LogP contribution in [0.3, 0.4) is 0 Å². The van der Waals surface area contributed by atoms with Crippen molar-refractivity contribution < 1.29 is 27.8 Å². The van der Waals surface area contributed by atoms with E-state index < -0.39 is 6.61 Å². The molecule has 1 aliphatic heterocycles. The molecule has 0 aliphatic carbocycles. The number of nitrogens with zero attached hydrogens (tertiary/aromatic N) is 4. The van der Waals surface area contributed by atoms with Gasteiger partial charge in [0.2, 0.25) is 5.91 Å². The van der Waals surface area contributed by atoms with Gasteiger partial charge in [0.1, 0.15) is 5.69 Å². The van der Waals surface area contributed by atoms with Crippen LogP contribution in [0.15, 0.2) is 66.2 Å². The molecule has 1 atom stereocenters. The first-order valence-electron chi connectivity index (χ1n) is 11.6. The maximum absolute atomic E-state index is 12.9. The average Bonchev–Trinajstić information content (AvgIpc) is 2.90. The highest BCUT2D eigenvalue weighted by Crippen LogP contribution is 2.33. The van der Waals surface area contributed by atoms with Crippen LogP contribution in [0.1, 0.15) is 41.4 Å². The number of hydrogen-bond acceptors (Lipinski definition) is 7. The van der Waals surface area contributed by atoms with Crippen LogP contribution in [0.25, 0.3) is 0 Å². The lowest BCUT2D eigenvalue weighted by molar-refractivity contribution is -0.133. The smallest absolute Gasteiger partial charge is 0.387 e. The largest absolute Gasteiger partial charge is 0.493 e. The third kappa shape index (κ3) is 6.24. The molecular formula is C26H25F2N5O4. The van der Waals surface area contributed by atoms with Crippen LogP contribution in [0.4, 0.5) is 14.5 Å². The Labute approximate surface area is 212 Å². The van der Waals surface area contributed by atoms with Crippen molar-refractivity contribution in [2.45, 2.75) is 32.9 Å². The molecule has 0 bridgehead atoms. The van der Waals surface area contributed by atoms with Gasteiger partial charge >= 0.3 is 6.61 Å². The first kappa shape index (κ1) is 25.7. The number of hydrazone groups is 1. The summed E-state index contributed by atoms with van der Waals surface area (Å²) in [7, 11) is 1.37. The Hall–Kier alpha value is -4.41. The van der Waals surface area contributed by atoms with Crippen LogP contribution < -0.4 is 14.8 Å². The normalized spacial score (nSPS) is 15.4. The van der Waals surface area contributed by atoms with Crippen molar-refractivity contribution >= 4 is 23.2 Å². The van der Waals surface area contributed by atoms with E-state index in [1.54, 1.807) is 30.3 Å². The number of benzene rings is 2. The number of alkyl halides is 2. The van der Waals surface area contributed by atoms with Crippen molar-refractivity contribution in [2.24, 2.45) is 11.0 Å². The lowest BCUT2D eigenvalue weighted by Gasteiger charge is -2.29. The molecule has 1 N–H and O–H groups in total. The Morgan fingerprint density at radius 3 is 2.59 bits per heavy atom. The maximum Gasteiger partial charge on any atom is 0.387 e. The minimum absolute atomic E-state index is 0.102. The number of nitrogens with one attached hydrogen (secondary N) is 1. The summed E-state index contributed by atoms with van der Waals surface area (Å²) in [6, 6.07) is 11.7. The molecule has 1 aromatic heterocycles. The van der Waals surface area contributed by atoms with Gasteiger partial charge in [-0.15, -0.1) is 0 Å². The van der Waals surface area contributed by atoms with Crippen LogP contribution in [0.2, 0.25) is 0 Å². The van der Waals surface area contributed by atoms with Gasteiger partial charge in [-0.3, -0.25) is 14.6 Å². The average molecular weight is 510 g/mol. The molecule has 2 amide bonds. The van der Waals surface area contributed by atoms with Crippen molar-refractivity contribution in [3.8, 4) is 11.5 Å². The molecule has 11 heteroatoms. The van der Waals surface area contributed by atoms with E-state index in [0.29, 0.717) is 23.4 Å². The molecule has 3 aromatic rings. The number of hydrogen-bond donors (Lipinski definition) is 1. The van der Waals surface area contributed by atoms with Crippen molar-refractivity contribution in [3.63, 3.8) is 0 Å². The zero-order valence-electron chi connectivity index (χ0n) is 20.2. The molecule has 4 rings (SSSR count). The zero-order valence-corrected chi connectivity index (χ0v) is 20.2. The van der Waals surface area contributed by atoms with Crippen molar-refractivity contribution in [2.75, 3.05) is 12.4 Å². The summed E-state index contributed by atoms with van der Waals surface area (Å²) in [4.78, 5) is 32.9. The predicted molar refractivity (Wildman–Crippen MR) is 132 cm³/mol. The highest BCUT2D eigenvalue weighted by atomic mass is 19.3. The van der Waals surface area contributed by atoms with Gasteiger partial charge in [0.15, 0.2) is 11.5 Å². The van der Waals surface area contributed by atoms with E-state index in [9.17, 15) is 18.4 Å². The minimum Gasteiger partial charge on any atom is -0.493 e. The first-order valence-corrected chi connectivity index (χ1v) is 11.6.